The molecular weight excluding hydrogens is 434 g/mol. The molecule has 0 aliphatic carbocycles. The Balaban J connectivity index is 1.52. The first-order chi connectivity index (χ1) is 14.3. The summed E-state index contributed by atoms with van der Waals surface area (Å²) in [4.78, 5) is 38.6. The van der Waals surface area contributed by atoms with E-state index in [0.717, 1.165) is 0 Å². The summed E-state index contributed by atoms with van der Waals surface area (Å²) in [6.45, 7) is 0.189. The fourth-order valence-corrected chi connectivity index (χ4v) is 3.52. The zero-order chi connectivity index (χ0) is 21.7. The van der Waals surface area contributed by atoms with Gasteiger partial charge in [-0.2, -0.15) is 0 Å². The lowest BCUT2D eigenvalue weighted by atomic mass is 9.97. The highest BCUT2D eigenvalue weighted by Gasteiger charge is 2.30. The van der Waals surface area contributed by atoms with Gasteiger partial charge in [0.2, 0.25) is 0 Å². The number of hydrogen-bond acceptors (Lipinski definition) is 4. The summed E-state index contributed by atoms with van der Waals surface area (Å²) in [6.07, 6.45) is 1.17. The van der Waals surface area contributed by atoms with Crippen molar-refractivity contribution in [3.63, 3.8) is 0 Å². The number of nitrogens with zero attached hydrogens (tertiary/aromatic N) is 1. The minimum Gasteiger partial charge on any atom is -0.455 e. The maximum atomic E-state index is 13.1. The summed E-state index contributed by atoms with van der Waals surface area (Å²) < 4.78 is 18.2. The molecule has 30 heavy (non-hydrogen) atoms. The van der Waals surface area contributed by atoms with Gasteiger partial charge in [0.25, 0.3) is 11.8 Å². The number of benzene rings is 2. The highest BCUT2D eigenvalue weighted by atomic mass is 35.5. The monoisotopic (exact) mass is 452 g/mol. The standard InChI is InChI=1S/C21H19Cl2FN2O4/c22-16-4-1-5-17(19(16)23)25-18(27)12-30-21(29)14-3-2-10-26(11-14)20(28)13-6-8-15(24)9-7-13/h1,4-9,14H,2-3,10-12H2,(H,25,27). The van der Waals surface area contributed by atoms with Crippen LogP contribution in [0.3, 0.4) is 0 Å². The van der Waals surface area contributed by atoms with E-state index < -0.39 is 30.2 Å². The lowest BCUT2D eigenvalue weighted by molar-refractivity contribution is -0.152. The van der Waals surface area contributed by atoms with E-state index in [2.05, 4.69) is 5.32 Å². The van der Waals surface area contributed by atoms with Crippen molar-refractivity contribution in [1.29, 1.82) is 0 Å². The Morgan fingerprint density at radius 2 is 1.87 bits per heavy atom. The van der Waals surface area contributed by atoms with Gasteiger partial charge in [-0.3, -0.25) is 14.4 Å². The molecule has 0 aromatic heterocycles. The highest BCUT2D eigenvalue weighted by Crippen LogP contribution is 2.29. The molecule has 0 radical (unpaired) electrons. The summed E-state index contributed by atoms with van der Waals surface area (Å²) >= 11 is 11.9. The molecule has 1 fully saturated rings. The summed E-state index contributed by atoms with van der Waals surface area (Å²) in [5.41, 5.74) is 0.669. The Kier molecular flexibility index (Phi) is 7.29. The van der Waals surface area contributed by atoms with Gasteiger partial charge in [-0.1, -0.05) is 29.3 Å². The van der Waals surface area contributed by atoms with Crippen molar-refractivity contribution in [1.82, 2.24) is 4.90 Å². The van der Waals surface area contributed by atoms with Gasteiger partial charge >= 0.3 is 5.97 Å². The maximum absolute atomic E-state index is 13.1. The Hall–Kier alpha value is -2.64. The Bertz CT molecular complexity index is 953. The topological polar surface area (TPSA) is 75.7 Å². The molecule has 0 saturated carbocycles. The van der Waals surface area contributed by atoms with Crippen LogP contribution in [-0.4, -0.2) is 42.4 Å². The van der Waals surface area contributed by atoms with Crippen LogP contribution in [0.2, 0.25) is 10.0 Å². The first-order valence-electron chi connectivity index (χ1n) is 9.30. The van der Waals surface area contributed by atoms with Crippen LogP contribution in [-0.2, 0) is 14.3 Å². The smallest absolute Gasteiger partial charge is 0.311 e. The van der Waals surface area contributed by atoms with E-state index in [4.69, 9.17) is 27.9 Å². The van der Waals surface area contributed by atoms with Crippen LogP contribution in [0.15, 0.2) is 42.5 Å². The second-order valence-corrected chi connectivity index (χ2v) is 7.64. The number of carbonyl (C=O) groups excluding carboxylic acids is 3. The Morgan fingerprint density at radius 3 is 2.60 bits per heavy atom. The summed E-state index contributed by atoms with van der Waals surface area (Å²) in [7, 11) is 0. The minimum absolute atomic E-state index is 0.177. The van der Waals surface area contributed by atoms with Crippen LogP contribution in [0.1, 0.15) is 23.2 Å². The molecule has 2 aromatic carbocycles. The first-order valence-corrected chi connectivity index (χ1v) is 10.1. The van der Waals surface area contributed by atoms with Crippen molar-refractivity contribution in [3.8, 4) is 0 Å². The predicted octanol–water partition coefficient (Wildman–Crippen LogP) is 4.17. The lowest BCUT2D eigenvalue weighted by Gasteiger charge is -2.31. The summed E-state index contributed by atoms with van der Waals surface area (Å²) in [6, 6.07) is 10.0. The van der Waals surface area contributed by atoms with E-state index >= 15 is 0 Å². The van der Waals surface area contributed by atoms with Gasteiger partial charge in [0.1, 0.15) is 5.82 Å². The van der Waals surface area contributed by atoms with Crippen molar-refractivity contribution < 1.29 is 23.5 Å². The van der Waals surface area contributed by atoms with Crippen molar-refractivity contribution in [3.05, 3.63) is 63.9 Å². The third-order valence-electron chi connectivity index (χ3n) is 4.70. The average Bonchev–Trinajstić information content (AvgIpc) is 2.75. The molecular formula is C21H19Cl2FN2O4. The number of likely N-dealkylation sites (tertiary alicyclic amines) is 1. The van der Waals surface area contributed by atoms with Gasteiger partial charge in [-0.25, -0.2) is 4.39 Å². The predicted molar refractivity (Wildman–Crippen MR) is 111 cm³/mol. The quantitative estimate of drug-likeness (QED) is 0.690. The fourth-order valence-electron chi connectivity index (χ4n) is 3.17. The molecule has 0 bridgehead atoms. The second-order valence-electron chi connectivity index (χ2n) is 6.85. The number of anilines is 1. The lowest BCUT2D eigenvalue weighted by Crippen LogP contribution is -2.43. The molecule has 1 unspecified atom stereocenters. The number of esters is 1. The third kappa shape index (κ3) is 5.49. The molecule has 2 aromatic rings. The van der Waals surface area contributed by atoms with E-state index in [9.17, 15) is 18.8 Å². The molecule has 6 nitrogen and oxygen atoms in total. The van der Waals surface area contributed by atoms with Crippen LogP contribution in [0.25, 0.3) is 0 Å². The van der Waals surface area contributed by atoms with Crippen molar-refractivity contribution in [2.24, 2.45) is 5.92 Å². The second kappa shape index (κ2) is 9.91. The maximum Gasteiger partial charge on any atom is 0.311 e. The molecule has 158 valence electrons. The number of amides is 2. The molecule has 2 amide bonds. The molecule has 1 aliphatic heterocycles. The number of rotatable bonds is 5. The normalized spacial score (nSPS) is 16.1. The molecule has 1 saturated heterocycles. The van der Waals surface area contributed by atoms with Crippen LogP contribution in [0.5, 0.6) is 0 Å². The number of halogens is 3. The van der Waals surface area contributed by atoms with E-state index in [-0.39, 0.29) is 17.5 Å². The molecule has 1 N–H and O–H groups in total. The van der Waals surface area contributed by atoms with Gasteiger partial charge in [0, 0.05) is 18.7 Å². The molecule has 9 heteroatoms. The highest BCUT2D eigenvalue weighted by molar-refractivity contribution is 6.44. The third-order valence-corrected chi connectivity index (χ3v) is 5.52. The number of ether oxygens (including phenoxy) is 1. The van der Waals surface area contributed by atoms with Gasteiger partial charge in [0.05, 0.1) is 21.7 Å². The molecule has 3 rings (SSSR count). The molecule has 0 spiro atoms. The number of hydrogen-bond donors (Lipinski definition) is 1. The largest absolute Gasteiger partial charge is 0.455 e. The SMILES string of the molecule is O=C(COC(=O)C1CCCN(C(=O)c2ccc(F)cc2)C1)Nc1cccc(Cl)c1Cl. The van der Waals surface area contributed by atoms with Crippen molar-refractivity contribution in [2.45, 2.75) is 12.8 Å². The van der Waals surface area contributed by atoms with E-state index in [1.807, 2.05) is 0 Å². The Labute approximate surface area is 182 Å². The van der Waals surface area contributed by atoms with Crippen LogP contribution in [0.4, 0.5) is 10.1 Å². The van der Waals surface area contributed by atoms with Crippen molar-refractivity contribution in [2.75, 3.05) is 25.0 Å². The van der Waals surface area contributed by atoms with Gasteiger partial charge in [-0.05, 0) is 49.2 Å². The van der Waals surface area contributed by atoms with E-state index in [1.54, 1.807) is 18.2 Å². The van der Waals surface area contributed by atoms with Gasteiger partial charge in [0.15, 0.2) is 6.61 Å². The van der Waals surface area contributed by atoms with E-state index in [1.165, 1.54) is 29.2 Å². The molecule has 1 aliphatic rings. The minimum atomic E-state index is -0.557. The Morgan fingerprint density at radius 1 is 1.13 bits per heavy atom. The van der Waals surface area contributed by atoms with Crippen LogP contribution < -0.4 is 5.32 Å². The fraction of sp³-hybridized carbons (Fsp3) is 0.286. The first kappa shape index (κ1) is 22.1. The number of piperidine rings is 1. The van der Waals surface area contributed by atoms with Crippen LogP contribution >= 0.6 is 23.2 Å². The van der Waals surface area contributed by atoms with E-state index in [0.29, 0.717) is 35.7 Å². The van der Waals surface area contributed by atoms with Gasteiger partial charge in [-0.15, -0.1) is 0 Å². The average molecular weight is 453 g/mol. The summed E-state index contributed by atoms with van der Waals surface area (Å²) in [5, 5.41) is 3.02. The number of nitrogens with one attached hydrogen (secondary N) is 1. The summed E-state index contributed by atoms with van der Waals surface area (Å²) in [5.74, 6) is -2.35. The number of carbonyl (C=O) groups is 3. The molecule has 1 heterocycles. The van der Waals surface area contributed by atoms with Crippen LogP contribution in [0, 0.1) is 11.7 Å². The van der Waals surface area contributed by atoms with Gasteiger partial charge < -0.3 is 15.0 Å². The van der Waals surface area contributed by atoms with Crippen molar-refractivity contribution >= 4 is 46.7 Å². The molecule has 1 atom stereocenters. The zero-order valence-corrected chi connectivity index (χ0v) is 17.4. The zero-order valence-electron chi connectivity index (χ0n) is 15.9.